The molecule has 1 saturated heterocycles. The second-order valence-corrected chi connectivity index (χ2v) is 8.31. The highest BCUT2D eigenvalue weighted by molar-refractivity contribution is 7.14. The van der Waals surface area contributed by atoms with Gasteiger partial charge in [0.15, 0.2) is 16.6 Å². The van der Waals surface area contributed by atoms with Gasteiger partial charge in [-0.15, -0.1) is 11.3 Å². The summed E-state index contributed by atoms with van der Waals surface area (Å²) in [5.74, 6) is -0.675. The fraction of sp³-hybridized carbons (Fsp3) is 0.208. The third kappa shape index (κ3) is 3.33. The number of thiazole rings is 1. The highest BCUT2D eigenvalue weighted by atomic mass is 32.1. The maximum absolute atomic E-state index is 13.1. The molecule has 0 radical (unpaired) electrons. The number of carbonyl (C=O) groups excluding carboxylic acids is 2. The lowest BCUT2D eigenvalue weighted by Gasteiger charge is -2.23. The van der Waals surface area contributed by atoms with Crippen LogP contribution in [0.15, 0.2) is 59.6 Å². The number of benzene rings is 2. The zero-order chi connectivity index (χ0) is 22.2. The van der Waals surface area contributed by atoms with Crippen LogP contribution >= 0.6 is 11.3 Å². The van der Waals surface area contributed by atoms with Crippen LogP contribution in [0.3, 0.4) is 0 Å². The van der Waals surface area contributed by atoms with E-state index >= 15 is 0 Å². The molecule has 162 valence electrons. The molecule has 0 spiro atoms. The van der Waals surface area contributed by atoms with Crippen LogP contribution < -0.4 is 14.4 Å². The van der Waals surface area contributed by atoms with Crippen LogP contribution in [0.4, 0.5) is 5.13 Å². The van der Waals surface area contributed by atoms with E-state index in [0.717, 1.165) is 17.5 Å². The van der Waals surface area contributed by atoms with E-state index in [9.17, 15) is 14.7 Å². The Morgan fingerprint density at radius 3 is 2.56 bits per heavy atom. The number of nitrogens with zero attached hydrogens (tertiary/aromatic N) is 2. The van der Waals surface area contributed by atoms with Crippen LogP contribution in [0.1, 0.15) is 29.7 Å². The number of amides is 1. The predicted molar refractivity (Wildman–Crippen MR) is 120 cm³/mol. The van der Waals surface area contributed by atoms with Crippen LogP contribution in [-0.2, 0) is 16.0 Å². The van der Waals surface area contributed by atoms with Gasteiger partial charge in [0.2, 0.25) is 0 Å². The number of Topliss-reactive ketones (excluding diaryl/α,β-unsaturated/α-hetero) is 1. The monoisotopic (exact) mass is 448 g/mol. The minimum atomic E-state index is -0.791. The third-order valence-electron chi connectivity index (χ3n) is 5.59. The summed E-state index contributed by atoms with van der Waals surface area (Å²) >= 11 is 1.26. The van der Waals surface area contributed by atoms with Gasteiger partial charge in [-0.05, 0) is 35.7 Å². The van der Waals surface area contributed by atoms with Crippen molar-refractivity contribution in [2.45, 2.75) is 19.4 Å². The first kappa shape index (κ1) is 20.3. The number of hydrogen-bond donors (Lipinski definition) is 1. The van der Waals surface area contributed by atoms with Crippen molar-refractivity contribution in [1.29, 1.82) is 0 Å². The zero-order valence-electron chi connectivity index (χ0n) is 17.3. The van der Waals surface area contributed by atoms with Gasteiger partial charge in [0.25, 0.3) is 5.78 Å². The number of rotatable bonds is 4. The Kier molecular flexibility index (Phi) is 5.14. The number of aryl methyl sites for hydroxylation is 1. The Balaban J connectivity index is 1.67. The third-order valence-corrected chi connectivity index (χ3v) is 6.36. The van der Waals surface area contributed by atoms with Crippen LogP contribution in [0.5, 0.6) is 11.5 Å². The summed E-state index contributed by atoms with van der Waals surface area (Å²) in [5.41, 5.74) is 2.25. The number of aliphatic hydroxyl groups excluding tert-OH is 1. The zero-order valence-corrected chi connectivity index (χ0v) is 18.1. The summed E-state index contributed by atoms with van der Waals surface area (Å²) < 4.78 is 11.2. The van der Waals surface area contributed by atoms with E-state index in [4.69, 9.17) is 9.47 Å². The van der Waals surface area contributed by atoms with E-state index in [-0.39, 0.29) is 11.3 Å². The normalized spacial score (nSPS) is 19.4. The molecule has 8 heteroatoms. The van der Waals surface area contributed by atoms with Crippen molar-refractivity contribution >= 4 is 33.9 Å². The predicted octanol–water partition coefficient (Wildman–Crippen LogP) is 4.10. The standard InChI is InChI=1S/C24H20N2O5S/c1-2-14-3-5-15(6-4-14)20-19(22(28)23(29)26(20)24-25-9-12-32-24)21(27)16-7-8-17-18(13-16)31-11-10-30-17/h3-9,12-13,20,27H,2,10-11H2,1H3/b21-19+. The molecule has 3 heterocycles. The average molecular weight is 449 g/mol. The average Bonchev–Trinajstić information content (AvgIpc) is 3.45. The number of hydrogen-bond acceptors (Lipinski definition) is 7. The lowest BCUT2D eigenvalue weighted by molar-refractivity contribution is -0.132. The van der Waals surface area contributed by atoms with E-state index in [1.807, 2.05) is 24.3 Å². The first-order chi connectivity index (χ1) is 15.6. The Bertz CT molecular complexity index is 1220. The second-order valence-electron chi connectivity index (χ2n) is 7.44. The summed E-state index contributed by atoms with van der Waals surface area (Å²) in [4.78, 5) is 31.8. The lowest BCUT2D eigenvalue weighted by atomic mass is 9.94. The molecule has 1 fully saturated rings. The number of ether oxygens (including phenoxy) is 2. The molecule has 3 aromatic rings. The molecular formula is C24H20N2O5S. The van der Waals surface area contributed by atoms with Gasteiger partial charge < -0.3 is 14.6 Å². The summed E-state index contributed by atoms with van der Waals surface area (Å²) in [6.07, 6.45) is 2.45. The van der Waals surface area contributed by atoms with Gasteiger partial charge in [0, 0.05) is 17.1 Å². The molecule has 1 aromatic heterocycles. The molecular weight excluding hydrogens is 428 g/mol. The minimum Gasteiger partial charge on any atom is -0.507 e. The SMILES string of the molecule is CCc1ccc(C2/C(=C(\O)c3ccc4c(c3)OCCO4)C(=O)C(=O)N2c2nccs2)cc1. The molecule has 1 N–H and O–H groups in total. The number of anilines is 1. The van der Waals surface area contributed by atoms with E-state index in [1.54, 1.807) is 29.8 Å². The van der Waals surface area contributed by atoms with Crippen LogP contribution in [0.2, 0.25) is 0 Å². The molecule has 0 aliphatic carbocycles. The number of carbonyl (C=O) groups is 2. The Hall–Kier alpha value is -3.65. The van der Waals surface area contributed by atoms with Gasteiger partial charge in [0.1, 0.15) is 19.0 Å². The van der Waals surface area contributed by atoms with Crippen molar-refractivity contribution in [1.82, 2.24) is 4.98 Å². The molecule has 2 aliphatic heterocycles. The highest BCUT2D eigenvalue weighted by Gasteiger charge is 2.48. The quantitative estimate of drug-likeness (QED) is 0.367. The highest BCUT2D eigenvalue weighted by Crippen LogP contribution is 2.43. The summed E-state index contributed by atoms with van der Waals surface area (Å²) in [6, 6.07) is 11.9. The largest absolute Gasteiger partial charge is 0.507 e. The van der Waals surface area contributed by atoms with Crippen LogP contribution in [0.25, 0.3) is 5.76 Å². The van der Waals surface area contributed by atoms with Crippen molar-refractivity contribution in [3.05, 3.63) is 76.3 Å². The molecule has 0 bridgehead atoms. The maximum atomic E-state index is 13.1. The van der Waals surface area contributed by atoms with Crippen molar-refractivity contribution < 1.29 is 24.2 Å². The van der Waals surface area contributed by atoms with Gasteiger partial charge in [-0.2, -0.15) is 0 Å². The van der Waals surface area contributed by atoms with Crippen molar-refractivity contribution in [2.75, 3.05) is 18.1 Å². The van der Waals surface area contributed by atoms with Gasteiger partial charge in [-0.25, -0.2) is 4.98 Å². The molecule has 1 unspecified atom stereocenters. The molecule has 1 amide bonds. The molecule has 32 heavy (non-hydrogen) atoms. The lowest BCUT2D eigenvalue weighted by Crippen LogP contribution is -2.29. The topological polar surface area (TPSA) is 89.0 Å². The van der Waals surface area contributed by atoms with E-state index < -0.39 is 17.7 Å². The molecule has 5 rings (SSSR count). The summed E-state index contributed by atoms with van der Waals surface area (Å²) in [6.45, 7) is 2.90. The molecule has 7 nitrogen and oxygen atoms in total. The maximum Gasteiger partial charge on any atom is 0.301 e. The molecule has 0 saturated carbocycles. The van der Waals surface area contributed by atoms with E-state index in [2.05, 4.69) is 11.9 Å². The minimum absolute atomic E-state index is 0.0196. The number of aliphatic hydroxyl groups is 1. The Labute approximate surface area is 188 Å². The van der Waals surface area contributed by atoms with Crippen molar-refractivity contribution in [3.8, 4) is 11.5 Å². The van der Waals surface area contributed by atoms with Crippen LogP contribution in [0, 0.1) is 0 Å². The summed E-state index contributed by atoms with van der Waals surface area (Å²) in [5, 5.41) is 13.4. The Morgan fingerprint density at radius 1 is 1.12 bits per heavy atom. The molecule has 2 aliphatic rings. The van der Waals surface area contributed by atoms with E-state index in [1.165, 1.54) is 16.2 Å². The fourth-order valence-electron chi connectivity index (χ4n) is 3.96. The fourth-order valence-corrected chi connectivity index (χ4v) is 4.63. The van der Waals surface area contributed by atoms with Gasteiger partial charge >= 0.3 is 5.91 Å². The number of ketones is 1. The van der Waals surface area contributed by atoms with Crippen molar-refractivity contribution in [2.24, 2.45) is 0 Å². The van der Waals surface area contributed by atoms with Gasteiger partial charge in [-0.1, -0.05) is 31.2 Å². The van der Waals surface area contributed by atoms with E-state index in [0.29, 0.717) is 35.4 Å². The number of aromatic nitrogens is 1. The van der Waals surface area contributed by atoms with Gasteiger partial charge in [-0.3, -0.25) is 14.5 Å². The first-order valence-corrected chi connectivity index (χ1v) is 11.2. The smallest absolute Gasteiger partial charge is 0.301 e. The number of fused-ring (bicyclic) bond motifs is 1. The Morgan fingerprint density at radius 2 is 1.88 bits per heavy atom. The molecule has 1 atom stereocenters. The first-order valence-electron chi connectivity index (χ1n) is 10.3. The van der Waals surface area contributed by atoms with Gasteiger partial charge in [0.05, 0.1) is 11.6 Å². The second kappa shape index (κ2) is 8.12. The van der Waals surface area contributed by atoms with Crippen LogP contribution in [-0.4, -0.2) is 35.0 Å². The van der Waals surface area contributed by atoms with Crippen molar-refractivity contribution in [3.63, 3.8) is 0 Å². The summed E-state index contributed by atoms with van der Waals surface area (Å²) in [7, 11) is 0. The molecule has 2 aromatic carbocycles.